The van der Waals surface area contributed by atoms with Crippen LogP contribution >= 0.6 is 0 Å². The molecule has 0 aliphatic rings. The first kappa shape index (κ1) is 19.4. The van der Waals surface area contributed by atoms with Gasteiger partial charge in [0.2, 0.25) is 0 Å². The number of para-hydroxylation sites is 4. The molecule has 0 fully saturated rings. The van der Waals surface area contributed by atoms with Gasteiger partial charge in [-0.15, -0.1) is 0 Å². The predicted molar refractivity (Wildman–Crippen MR) is 79.9 cm³/mol. The third kappa shape index (κ3) is 7.11. The normalized spacial score (nSPS) is 8.86. The van der Waals surface area contributed by atoms with E-state index >= 15 is 0 Å². The molecule has 0 N–H and O–H groups in total. The van der Waals surface area contributed by atoms with E-state index in [0.717, 1.165) is 0 Å². The van der Waals surface area contributed by atoms with E-state index in [9.17, 15) is 10.2 Å². The largest absolute Gasteiger partial charge is 2.00 e. The van der Waals surface area contributed by atoms with Gasteiger partial charge in [0.25, 0.3) is 0 Å². The zero-order valence-corrected chi connectivity index (χ0v) is 13.8. The summed E-state index contributed by atoms with van der Waals surface area (Å²) in [6.45, 7) is 4.79. The Morgan fingerprint density at radius 2 is 1.05 bits per heavy atom. The van der Waals surface area contributed by atoms with Crippen molar-refractivity contribution in [2.45, 2.75) is 13.8 Å². The Morgan fingerprint density at radius 3 is 1.33 bits per heavy atom. The van der Waals surface area contributed by atoms with Gasteiger partial charge in [0.1, 0.15) is 11.5 Å². The van der Waals surface area contributed by atoms with Crippen molar-refractivity contribution in [2.75, 3.05) is 13.2 Å². The molecular weight excluding hydrogens is 280 g/mol. The van der Waals surface area contributed by atoms with Crippen LogP contribution in [0.1, 0.15) is 13.8 Å². The molecule has 108 valence electrons. The van der Waals surface area contributed by atoms with E-state index in [2.05, 4.69) is 0 Å². The average molecular weight is 299 g/mol. The quantitative estimate of drug-likeness (QED) is 0.809. The molecule has 0 atom stereocenters. The standard InChI is InChI=1S/2C8H10O2.Mg/c2*1-2-10-8-6-4-3-5-7(8)9;/h2*3-6,9H,2H2,1H3;/q;;+2/p-2. The Kier molecular flexibility index (Phi) is 10.3. The molecule has 0 radical (unpaired) electrons. The van der Waals surface area contributed by atoms with Crippen LogP contribution in [0.25, 0.3) is 0 Å². The van der Waals surface area contributed by atoms with Gasteiger partial charge in [-0.05, 0) is 26.0 Å². The Bertz CT molecular complexity index is 470. The van der Waals surface area contributed by atoms with Gasteiger partial charge in [-0.1, -0.05) is 47.9 Å². The zero-order valence-electron chi connectivity index (χ0n) is 12.4. The minimum Gasteiger partial charge on any atom is -0.870 e. The smallest absolute Gasteiger partial charge is 0.870 e. The molecule has 2 aromatic rings. The number of benzene rings is 2. The van der Waals surface area contributed by atoms with Gasteiger partial charge in [-0.2, -0.15) is 0 Å². The van der Waals surface area contributed by atoms with Crippen molar-refractivity contribution < 1.29 is 19.7 Å². The van der Waals surface area contributed by atoms with Gasteiger partial charge in [0.05, 0.1) is 13.2 Å². The Balaban J connectivity index is 0.000000364. The first-order valence-electron chi connectivity index (χ1n) is 6.46. The predicted octanol–water partition coefficient (Wildman–Crippen LogP) is 1.94. The first-order chi connectivity index (χ1) is 9.69. The van der Waals surface area contributed by atoms with Crippen LogP contribution in [0.2, 0.25) is 0 Å². The summed E-state index contributed by atoms with van der Waals surface area (Å²) in [5, 5.41) is 21.8. The molecule has 0 unspecified atom stereocenters. The summed E-state index contributed by atoms with van der Waals surface area (Å²) in [6.07, 6.45) is 0. The summed E-state index contributed by atoms with van der Waals surface area (Å²) in [5.74, 6) is 0.767. The average Bonchev–Trinajstić information content (AvgIpc) is 2.45. The molecule has 0 aliphatic heterocycles. The van der Waals surface area contributed by atoms with Gasteiger partial charge in [-0.25, -0.2) is 0 Å². The van der Waals surface area contributed by atoms with Crippen LogP contribution in [0.15, 0.2) is 48.5 Å². The number of hydrogen-bond acceptors (Lipinski definition) is 4. The van der Waals surface area contributed by atoms with E-state index in [4.69, 9.17) is 9.47 Å². The second-order valence-electron chi connectivity index (χ2n) is 3.76. The summed E-state index contributed by atoms with van der Waals surface area (Å²) in [6, 6.07) is 13.3. The first-order valence-corrected chi connectivity index (χ1v) is 6.46. The zero-order chi connectivity index (χ0) is 14.8. The van der Waals surface area contributed by atoms with E-state index in [1.807, 2.05) is 13.8 Å². The van der Waals surface area contributed by atoms with Gasteiger partial charge in [-0.3, -0.25) is 0 Å². The maximum Gasteiger partial charge on any atom is 2.00 e. The number of ether oxygens (including phenoxy) is 2. The van der Waals surface area contributed by atoms with E-state index in [0.29, 0.717) is 24.7 Å². The maximum atomic E-state index is 10.9. The number of hydrogen-bond donors (Lipinski definition) is 0. The second-order valence-corrected chi connectivity index (χ2v) is 3.76. The minimum absolute atomic E-state index is 0. The summed E-state index contributed by atoms with van der Waals surface area (Å²) < 4.78 is 10.0. The van der Waals surface area contributed by atoms with E-state index in [1.54, 1.807) is 36.4 Å². The van der Waals surface area contributed by atoms with Crippen LogP contribution in [-0.2, 0) is 0 Å². The fourth-order valence-corrected chi connectivity index (χ4v) is 1.45. The van der Waals surface area contributed by atoms with Crippen LogP contribution in [-0.4, -0.2) is 36.3 Å². The molecular formula is C16H18MgO4. The Hall–Kier alpha value is -1.59. The monoisotopic (exact) mass is 298 g/mol. The molecule has 0 bridgehead atoms. The van der Waals surface area contributed by atoms with Crippen LogP contribution in [0, 0.1) is 0 Å². The Labute approximate surface area is 141 Å². The summed E-state index contributed by atoms with van der Waals surface area (Å²) >= 11 is 0. The van der Waals surface area contributed by atoms with Crippen molar-refractivity contribution >= 4 is 23.1 Å². The van der Waals surface area contributed by atoms with Crippen molar-refractivity contribution in [1.29, 1.82) is 0 Å². The van der Waals surface area contributed by atoms with Crippen LogP contribution in [0.5, 0.6) is 23.0 Å². The molecule has 0 spiro atoms. The Morgan fingerprint density at radius 1 is 0.714 bits per heavy atom. The molecule has 2 rings (SSSR count). The van der Waals surface area contributed by atoms with E-state index < -0.39 is 0 Å². The topological polar surface area (TPSA) is 64.6 Å². The molecule has 0 amide bonds. The summed E-state index contributed by atoms with van der Waals surface area (Å²) in [4.78, 5) is 0. The van der Waals surface area contributed by atoms with Crippen molar-refractivity contribution in [2.24, 2.45) is 0 Å². The van der Waals surface area contributed by atoms with Crippen molar-refractivity contribution in [3.63, 3.8) is 0 Å². The molecule has 4 nitrogen and oxygen atoms in total. The van der Waals surface area contributed by atoms with Gasteiger partial charge in [0.15, 0.2) is 0 Å². The number of rotatable bonds is 4. The third-order valence-corrected chi connectivity index (χ3v) is 2.30. The molecule has 0 aliphatic carbocycles. The van der Waals surface area contributed by atoms with Gasteiger partial charge in [0, 0.05) is 0 Å². The summed E-state index contributed by atoms with van der Waals surface area (Å²) in [5.41, 5.74) is 0. The third-order valence-electron chi connectivity index (χ3n) is 2.30. The van der Waals surface area contributed by atoms with Crippen LogP contribution in [0.4, 0.5) is 0 Å². The fraction of sp³-hybridized carbons (Fsp3) is 0.250. The van der Waals surface area contributed by atoms with Crippen molar-refractivity contribution in [3.8, 4) is 23.0 Å². The fourth-order valence-electron chi connectivity index (χ4n) is 1.45. The van der Waals surface area contributed by atoms with Gasteiger partial charge < -0.3 is 19.7 Å². The van der Waals surface area contributed by atoms with E-state index in [-0.39, 0.29) is 34.6 Å². The summed E-state index contributed by atoms with van der Waals surface area (Å²) in [7, 11) is 0. The second kappa shape index (κ2) is 11.1. The molecule has 0 saturated heterocycles. The molecule has 0 aromatic heterocycles. The minimum atomic E-state index is -0.0515. The molecule has 0 saturated carbocycles. The van der Waals surface area contributed by atoms with Crippen molar-refractivity contribution in [3.05, 3.63) is 48.5 Å². The molecule has 5 heteroatoms. The van der Waals surface area contributed by atoms with Gasteiger partial charge >= 0.3 is 23.1 Å². The van der Waals surface area contributed by atoms with Crippen molar-refractivity contribution in [1.82, 2.24) is 0 Å². The molecule has 2 aromatic carbocycles. The molecule has 21 heavy (non-hydrogen) atoms. The van der Waals surface area contributed by atoms with E-state index in [1.165, 1.54) is 12.1 Å². The molecule has 0 heterocycles. The SMILES string of the molecule is CCOc1ccccc1[O-].CCOc1ccccc1[O-].[Mg+2]. The van der Waals surface area contributed by atoms with Crippen LogP contribution < -0.4 is 19.7 Å². The maximum absolute atomic E-state index is 10.9. The van der Waals surface area contributed by atoms with Crippen LogP contribution in [0.3, 0.4) is 0 Å².